The van der Waals surface area contributed by atoms with E-state index in [0.29, 0.717) is 21.0 Å². The molecule has 3 rings (SSSR count). The number of anilines is 1. The van der Waals surface area contributed by atoms with Crippen LogP contribution in [-0.4, -0.2) is 23.0 Å². The van der Waals surface area contributed by atoms with E-state index in [0.717, 1.165) is 12.0 Å². The first-order valence-corrected chi connectivity index (χ1v) is 10.1. The van der Waals surface area contributed by atoms with Crippen molar-refractivity contribution in [2.75, 3.05) is 12.5 Å². The summed E-state index contributed by atoms with van der Waals surface area (Å²) >= 11 is 6.90. The highest BCUT2D eigenvalue weighted by molar-refractivity contribution is 7.94. The Morgan fingerprint density at radius 2 is 1.66 bits per heavy atom. The number of hydrazine groups is 1. The molecule has 0 aliphatic rings. The van der Waals surface area contributed by atoms with Gasteiger partial charge in [-0.3, -0.25) is 15.6 Å². The molecule has 0 fully saturated rings. The lowest BCUT2D eigenvalue weighted by Gasteiger charge is -2.18. The highest BCUT2D eigenvalue weighted by atomic mass is 35.5. The van der Waals surface area contributed by atoms with E-state index in [9.17, 15) is 18.0 Å². The Morgan fingerprint density at radius 1 is 1.03 bits per heavy atom. The molecular weight excluding hydrogens is 469 g/mol. The summed E-state index contributed by atoms with van der Waals surface area (Å²) in [4.78, 5) is 24.0. The summed E-state index contributed by atoms with van der Waals surface area (Å²) in [5.74, 6) is -2.10. The molecule has 0 aliphatic heterocycles. The second-order valence-electron chi connectivity index (χ2n) is 6.27. The molecule has 0 spiro atoms. The predicted molar refractivity (Wildman–Crippen MR) is 114 cm³/mol. The fourth-order valence-corrected chi connectivity index (χ4v) is 3.19. The predicted octanol–water partition coefficient (Wildman–Crippen LogP) is 5.53. The molecule has 1 aromatic heterocycles. The van der Waals surface area contributed by atoms with Crippen molar-refractivity contribution in [2.24, 2.45) is 0 Å². The molecular formula is C20H16ClF3N4O3S. The van der Waals surface area contributed by atoms with E-state index in [1.807, 2.05) is 0 Å². The van der Waals surface area contributed by atoms with Gasteiger partial charge >= 0.3 is 6.18 Å². The van der Waals surface area contributed by atoms with Crippen molar-refractivity contribution in [2.45, 2.75) is 18.0 Å². The third kappa shape index (κ3) is 5.88. The van der Waals surface area contributed by atoms with E-state index in [4.69, 9.17) is 15.9 Å². The maximum Gasteiger partial charge on any atom is 0.451 e. The van der Waals surface area contributed by atoms with Crippen molar-refractivity contribution in [1.29, 1.82) is 0 Å². The van der Waals surface area contributed by atoms with Gasteiger partial charge in [0, 0.05) is 22.4 Å². The minimum absolute atomic E-state index is 0.00621. The number of hydrogen-bond donors (Lipinski definition) is 2. The lowest BCUT2D eigenvalue weighted by Crippen LogP contribution is -2.28. The molecule has 0 aliphatic carbocycles. The van der Waals surface area contributed by atoms with Crippen LogP contribution >= 0.6 is 23.6 Å². The zero-order chi connectivity index (χ0) is 23.3. The number of nitrogens with zero attached hydrogens (tertiary/aromatic N) is 2. The van der Waals surface area contributed by atoms with Crippen molar-refractivity contribution >= 4 is 35.4 Å². The minimum atomic E-state index is -4.82. The first kappa shape index (κ1) is 23.8. The molecule has 0 atom stereocenters. The van der Waals surface area contributed by atoms with E-state index in [1.54, 1.807) is 48.5 Å². The van der Waals surface area contributed by atoms with Crippen molar-refractivity contribution in [1.82, 2.24) is 15.4 Å². The second-order valence-corrected chi connectivity index (χ2v) is 7.48. The first-order chi connectivity index (χ1) is 15.2. The highest BCUT2D eigenvalue weighted by Gasteiger charge is 2.37. The second kappa shape index (κ2) is 10.2. The summed E-state index contributed by atoms with van der Waals surface area (Å²) < 4.78 is 45.5. The number of aromatic nitrogens is 2. The number of benzene rings is 2. The van der Waals surface area contributed by atoms with Gasteiger partial charge in [-0.25, -0.2) is 14.9 Å². The van der Waals surface area contributed by atoms with E-state index >= 15 is 0 Å². The van der Waals surface area contributed by atoms with Crippen LogP contribution in [-0.2, 0) is 20.2 Å². The average Bonchev–Trinajstić information content (AvgIpc) is 2.76. The topological polar surface area (TPSA) is 85.4 Å². The maximum absolute atomic E-state index is 13.6. The third-order valence-corrected chi connectivity index (χ3v) is 4.90. The van der Waals surface area contributed by atoms with Gasteiger partial charge in [0.25, 0.3) is 0 Å². The normalized spacial score (nSPS) is 11.3. The zero-order valence-electron chi connectivity index (χ0n) is 16.7. The van der Waals surface area contributed by atoms with Gasteiger partial charge in [-0.2, -0.15) is 17.5 Å². The third-order valence-electron chi connectivity index (χ3n) is 3.98. The van der Waals surface area contributed by atoms with Crippen LogP contribution < -0.4 is 10.9 Å². The summed E-state index contributed by atoms with van der Waals surface area (Å²) in [5, 5.41) is 0.444. The average molecular weight is 485 g/mol. The van der Waals surface area contributed by atoms with E-state index in [-0.39, 0.29) is 17.1 Å². The van der Waals surface area contributed by atoms with Crippen LogP contribution in [0.4, 0.5) is 19.0 Å². The summed E-state index contributed by atoms with van der Waals surface area (Å²) in [6.07, 6.45) is -4.82. The van der Waals surface area contributed by atoms with Crippen LogP contribution in [0.2, 0.25) is 5.02 Å². The number of rotatable bonds is 7. The number of alkyl halides is 3. The van der Waals surface area contributed by atoms with Gasteiger partial charge in [0.2, 0.25) is 11.7 Å². The molecule has 2 N–H and O–H groups in total. The monoisotopic (exact) mass is 484 g/mol. The van der Waals surface area contributed by atoms with Crippen LogP contribution in [0.25, 0.3) is 22.4 Å². The van der Waals surface area contributed by atoms with Crippen LogP contribution in [0, 0.1) is 0 Å². The largest absolute Gasteiger partial charge is 0.451 e. The Balaban J connectivity index is 2.22. The van der Waals surface area contributed by atoms with Gasteiger partial charge in [-0.1, -0.05) is 35.9 Å². The first-order valence-electron chi connectivity index (χ1n) is 8.94. The van der Waals surface area contributed by atoms with Gasteiger partial charge in [0.05, 0.1) is 30.4 Å². The molecule has 32 heavy (non-hydrogen) atoms. The molecule has 1 heterocycles. The number of halogens is 4. The van der Waals surface area contributed by atoms with E-state index in [1.165, 1.54) is 14.0 Å². The summed E-state index contributed by atoms with van der Waals surface area (Å²) in [5.41, 5.74) is 5.86. The van der Waals surface area contributed by atoms with E-state index < -0.39 is 17.9 Å². The van der Waals surface area contributed by atoms with Crippen molar-refractivity contribution < 1.29 is 27.2 Å². The SMILES string of the molecule is COOSc1ccc(-c2nc(C(F)(F)F)nc(NNC(C)=O)c2-c2ccc(Cl)cc2)cc1. The molecule has 0 saturated carbocycles. The minimum Gasteiger partial charge on any atom is -0.281 e. The number of nitrogens with one attached hydrogen (secondary N) is 2. The lowest BCUT2D eigenvalue weighted by molar-refractivity contribution is -0.160. The molecule has 168 valence electrons. The molecule has 2 aromatic carbocycles. The quantitative estimate of drug-likeness (QED) is 0.259. The Morgan fingerprint density at radius 3 is 2.22 bits per heavy atom. The van der Waals surface area contributed by atoms with Gasteiger partial charge in [-0.15, -0.1) is 0 Å². The molecule has 1 amide bonds. The standard InChI is InChI=1S/C20H16ClF3N4O3S/c1-11(29)27-28-18-16(12-3-7-14(21)8-4-12)17(25-19(26-18)20(22,23)24)13-5-9-15(10-6-13)32-31-30-2/h3-10H,1-2H3,(H,27,29)(H,25,26,28). The number of carbonyl (C=O) groups excluding carboxylic acids is 1. The van der Waals surface area contributed by atoms with Crippen LogP contribution in [0.3, 0.4) is 0 Å². The molecule has 0 unspecified atom stereocenters. The summed E-state index contributed by atoms with van der Waals surface area (Å²) in [6.45, 7) is 1.21. The fourth-order valence-electron chi connectivity index (χ4n) is 2.67. The lowest BCUT2D eigenvalue weighted by atomic mass is 9.99. The maximum atomic E-state index is 13.6. The van der Waals surface area contributed by atoms with Crippen molar-refractivity contribution in [3.63, 3.8) is 0 Å². The highest BCUT2D eigenvalue weighted by Crippen LogP contribution is 2.39. The Kier molecular flexibility index (Phi) is 7.56. The van der Waals surface area contributed by atoms with Gasteiger partial charge < -0.3 is 0 Å². The van der Waals surface area contributed by atoms with Crippen molar-refractivity contribution in [3.8, 4) is 22.4 Å². The molecule has 12 heteroatoms. The van der Waals surface area contributed by atoms with Crippen LogP contribution in [0.1, 0.15) is 12.7 Å². The fraction of sp³-hybridized carbons (Fsp3) is 0.150. The molecule has 0 radical (unpaired) electrons. The molecule has 0 bridgehead atoms. The van der Waals surface area contributed by atoms with Gasteiger partial charge in [0.1, 0.15) is 0 Å². The molecule has 3 aromatic rings. The number of amides is 1. The van der Waals surface area contributed by atoms with Crippen molar-refractivity contribution in [3.05, 3.63) is 59.4 Å². The molecule has 7 nitrogen and oxygen atoms in total. The van der Waals surface area contributed by atoms with Crippen LogP contribution in [0.15, 0.2) is 53.4 Å². The number of hydrogen-bond acceptors (Lipinski definition) is 7. The number of carbonyl (C=O) groups is 1. The summed E-state index contributed by atoms with van der Waals surface area (Å²) in [7, 11) is 1.35. The zero-order valence-corrected chi connectivity index (χ0v) is 18.2. The Hall–Kier alpha value is -2.86. The Labute approximate surface area is 190 Å². The van der Waals surface area contributed by atoms with Gasteiger partial charge in [-0.05, 0) is 29.8 Å². The van der Waals surface area contributed by atoms with Crippen LogP contribution in [0.5, 0.6) is 0 Å². The van der Waals surface area contributed by atoms with E-state index in [2.05, 4.69) is 25.7 Å². The Bertz CT molecular complexity index is 1100. The molecule has 0 saturated heterocycles. The van der Waals surface area contributed by atoms with Gasteiger partial charge in [0.15, 0.2) is 5.82 Å². The smallest absolute Gasteiger partial charge is 0.281 e. The summed E-state index contributed by atoms with van der Waals surface area (Å²) in [6, 6.07) is 12.9.